The molecule has 0 N–H and O–H groups in total. The molecule has 0 aromatic carbocycles. The first kappa shape index (κ1) is 12.3. The molecule has 0 saturated heterocycles. The summed E-state index contributed by atoms with van der Waals surface area (Å²) in [5, 5.41) is 0. The quantitative estimate of drug-likeness (QED) is 0.427. The first-order valence-electron chi connectivity index (χ1n) is 5.30. The molecule has 2 nitrogen and oxygen atoms in total. The average molecular weight is 186 g/mol. The van der Waals surface area contributed by atoms with Crippen LogP contribution in [0, 0.1) is 0 Å². The van der Waals surface area contributed by atoms with Crippen LogP contribution in [0.2, 0.25) is 0 Å². The number of allylic oxidation sites excluding steroid dienone is 1. The number of hydrogen-bond donors (Lipinski definition) is 0. The van der Waals surface area contributed by atoms with Crippen molar-refractivity contribution in [1.29, 1.82) is 0 Å². The second kappa shape index (κ2) is 9.43. The fourth-order valence-electron chi connectivity index (χ4n) is 0.993. The van der Waals surface area contributed by atoms with Gasteiger partial charge in [0, 0.05) is 0 Å². The van der Waals surface area contributed by atoms with Crippen molar-refractivity contribution in [2.75, 3.05) is 13.2 Å². The standard InChI is InChI=1S/C11H22O2/c1-4-7-8-10-13-11(9-5-2)12-6-3/h9H,4-8,10H2,1-3H3/b11-9+. The summed E-state index contributed by atoms with van der Waals surface area (Å²) in [4.78, 5) is 0. The summed E-state index contributed by atoms with van der Waals surface area (Å²) in [6, 6.07) is 0. The predicted octanol–water partition coefficient (Wildman–Crippen LogP) is 3.48. The molecule has 13 heavy (non-hydrogen) atoms. The SMILES string of the molecule is CC/C=C(\OCC)OCCCCC. The molecule has 0 amide bonds. The van der Waals surface area contributed by atoms with Gasteiger partial charge in [-0.2, -0.15) is 0 Å². The van der Waals surface area contributed by atoms with Gasteiger partial charge in [0.1, 0.15) is 0 Å². The molecule has 0 aliphatic carbocycles. The monoisotopic (exact) mass is 186 g/mol. The third-order valence-electron chi connectivity index (χ3n) is 1.65. The Morgan fingerprint density at radius 1 is 1.08 bits per heavy atom. The van der Waals surface area contributed by atoms with Gasteiger partial charge in [-0.3, -0.25) is 0 Å². The lowest BCUT2D eigenvalue weighted by Crippen LogP contribution is -1.99. The highest BCUT2D eigenvalue weighted by Gasteiger charge is 1.96. The minimum atomic E-state index is 0.680. The lowest BCUT2D eigenvalue weighted by atomic mass is 10.3. The molecule has 2 heteroatoms. The smallest absolute Gasteiger partial charge is 0.274 e. The molecule has 0 rings (SSSR count). The fraction of sp³-hybridized carbons (Fsp3) is 0.818. The van der Waals surface area contributed by atoms with Crippen LogP contribution in [0.25, 0.3) is 0 Å². The Bertz CT molecular complexity index is 130. The number of rotatable bonds is 8. The topological polar surface area (TPSA) is 18.5 Å². The van der Waals surface area contributed by atoms with E-state index in [-0.39, 0.29) is 0 Å². The van der Waals surface area contributed by atoms with E-state index in [2.05, 4.69) is 13.8 Å². The third kappa shape index (κ3) is 7.69. The average Bonchev–Trinajstić information content (AvgIpc) is 2.13. The lowest BCUT2D eigenvalue weighted by molar-refractivity contribution is 0.0382. The van der Waals surface area contributed by atoms with Crippen LogP contribution in [0.4, 0.5) is 0 Å². The van der Waals surface area contributed by atoms with Gasteiger partial charge >= 0.3 is 0 Å². The molecule has 0 bridgehead atoms. The molecular weight excluding hydrogens is 164 g/mol. The summed E-state index contributed by atoms with van der Waals surface area (Å²) in [5.74, 6) is 0.695. The summed E-state index contributed by atoms with van der Waals surface area (Å²) in [6.07, 6.45) is 6.51. The molecule has 0 radical (unpaired) electrons. The van der Waals surface area contributed by atoms with Gasteiger partial charge in [-0.1, -0.05) is 26.7 Å². The van der Waals surface area contributed by atoms with Crippen molar-refractivity contribution >= 4 is 0 Å². The van der Waals surface area contributed by atoms with Crippen LogP contribution in [-0.2, 0) is 9.47 Å². The van der Waals surface area contributed by atoms with Gasteiger partial charge in [0.05, 0.1) is 13.2 Å². The molecule has 0 saturated carbocycles. The van der Waals surface area contributed by atoms with Crippen molar-refractivity contribution in [3.05, 3.63) is 12.0 Å². The fourth-order valence-corrected chi connectivity index (χ4v) is 0.993. The Morgan fingerprint density at radius 3 is 2.38 bits per heavy atom. The second-order valence-electron chi connectivity index (χ2n) is 2.92. The molecule has 0 aliphatic heterocycles. The van der Waals surface area contributed by atoms with Crippen molar-refractivity contribution in [1.82, 2.24) is 0 Å². The van der Waals surface area contributed by atoms with Crippen molar-refractivity contribution in [2.24, 2.45) is 0 Å². The van der Waals surface area contributed by atoms with Crippen molar-refractivity contribution in [2.45, 2.75) is 46.5 Å². The molecule has 0 heterocycles. The zero-order chi connectivity index (χ0) is 9.94. The van der Waals surface area contributed by atoms with Crippen LogP contribution in [-0.4, -0.2) is 13.2 Å². The van der Waals surface area contributed by atoms with Crippen LogP contribution in [0.3, 0.4) is 0 Å². The van der Waals surface area contributed by atoms with Crippen molar-refractivity contribution in [3.8, 4) is 0 Å². The maximum Gasteiger partial charge on any atom is 0.274 e. The van der Waals surface area contributed by atoms with Crippen molar-refractivity contribution in [3.63, 3.8) is 0 Å². The van der Waals surface area contributed by atoms with Crippen molar-refractivity contribution < 1.29 is 9.47 Å². The van der Waals surface area contributed by atoms with E-state index in [0.29, 0.717) is 12.6 Å². The Labute approximate surface area is 81.9 Å². The van der Waals surface area contributed by atoms with E-state index in [9.17, 15) is 0 Å². The van der Waals surface area contributed by atoms with E-state index in [0.717, 1.165) is 19.4 Å². The largest absolute Gasteiger partial charge is 0.466 e. The van der Waals surface area contributed by atoms with E-state index >= 15 is 0 Å². The van der Waals surface area contributed by atoms with E-state index < -0.39 is 0 Å². The Hall–Kier alpha value is -0.660. The number of ether oxygens (including phenoxy) is 2. The minimum Gasteiger partial charge on any atom is -0.466 e. The van der Waals surface area contributed by atoms with E-state index in [1.165, 1.54) is 12.8 Å². The summed E-state index contributed by atoms with van der Waals surface area (Å²) in [7, 11) is 0. The highest BCUT2D eigenvalue weighted by molar-refractivity contribution is 4.82. The molecular formula is C11H22O2. The zero-order valence-corrected chi connectivity index (χ0v) is 9.14. The van der Waals surface area contributed by atoms with Gasteiger partial charge in [0.15, 0.2) is 0 Å². The van der Waals surface area contributed by atoms with E-state index in [1.807, 2.05) is 13.0 Å². The number of unbranched alkanes of at least 4 members (excludes halogenated alkanes) is 2. The summed E-state index contributed by atoms with van der Waals surface area (Å²) in [6.45, 7) is 7.69. The molecule has 0 spiro atoms. The lowest BCUT2D eigenvalue weighted by Gasteiger charge is -2.09. The second-order valence-corrected chi connectivity index (χ2v) is 2.92. The zero-order valence-electron chi connectivity index (χ0n) is 9.14. The minimum absolute atomic E-state index is 0.680. The predicted molar refractivity (Wildman–Crippen MR) is 55.5 cm³/mol. The van der Waals surface area contributed by atoms with Gasteiger partial charge in [-0.15, -0.1) is 0 Å². The molecule has 78 valence electrons. The van der Waals surface area contributed by atoms with Crippen LogP contribution >= 0.6 is 0 Å². The van der Waals surface area contributed by atoms with Gasteiger partial charge in [-0.25, -0.2) is 0 Å². The van der Waals surface area contributed by atoms with Crippen LogP contribution < -0.4 is 0 Å². The molecule has 0 unspecified atom stereocenters. The highest BCUT2D eigenvalue weighted by Crippen LogP contribution is 2.04. The summed E-state index contributed by atoms with van der Waals surface area (Å²) in [5.41, 5.74) is 0. The van der Waals surface area contributed by atoms with Gasteiger partial charge in [0.2, 0.25) is 0 Å². The Kier molecular flexibility index (Phi) is 8.95. The molecule has 0 fully saturated rings. The van der Waals surface area contributed by atoms with Gasteiger partial charge in [0.25, 0.3) is 5.95 Å². The summed E-state index contributed by atoms with van der Waals surface area (Å²) < 4.78 is 10.8. The van der Waals surface area contributed by atoms with Gasteiger partial charge < -0.3 is 9.47 Å². The first-order chi connectivity index (χ1) is 6.35. The first-order valence-corrected chi connectivity index (χ1v) is 5.30. The maximum atomic E-state index is 5.46. The van der Waals surface area contributed by atoms with Crippen LogP contribution in [0.15, 0.2) is 12.0 Å². The van der Waals surface area contributed by atoms with Crippen LogP contribution in [0.5, 0.6) is 0 Å². The Balaban J connectivity index is 3.51. The molecule has 0 aromatic heterocycles. The molecule has 0 atom stereocenters. The van der Waals surface area contributed by atoms with Gasteiger partial charge in [-0.05, 0) is 25.8 Å². The highest BCUT2D eigenvalue weighted by atomic mass is 16.7. The number of hydrogen-bond acceptors (Lipinski definition) is 2. The maximum absolute atomic E-state index is 5.46. The summed E-state index contributed by atoms with van der Waals surface area (Å²) >= 11 is 0. The normalized spacial score (nSPS) is 11.5. The molecule has 0 aliphatic rings. The Morgan fingerprint density at radius 2 is 1.85 bits per heavy atom. The molecule has 0 aromatic rings. The third-order valence-corrected chi connectivity index (χ3v) is 1.65. The van der Waals surface area contributed by atoms with E-state index in [1.54, 1.807) is 0 Å². The van der Waals surface area contributed by atoms with Crippen LogP contribution in [0.1, 0.15) is 46.5 Å². The van der Waals surface area contributed by atoms with E-state index in [4.69, 9.17) is 9.47 Å².